The minimum Gasteiger partial charge on any atom is -0.496 e. The Bertz CT molecular complexity index is 423. The van der Waals surface area contributed by atoms with Gasteiger partial charge in [-0.3, -0.25) is 0 Å². The molecule has 2 rings (SSSR count). The summed E-state index contributed by atoms with van der Waals surface area (Å²) in [5.41, 5.74) is 0.719. The Balaban J connectivity index is 2.29. The van der Waals surface area contributed by atoms with E-state index in [4.69, 9.17) is 4.74 Å². The maximum absolute atomic E-state index is 13.7. The highest BCUT2D eigenvalue weighted by molar-refractivity contribution is 5.43. The average molecular weight is 269 g/mol. The van der Waals surface area contributed by atoms with Gasteiger partial charge in [-0.05, 0) is 31.9 Å². The molecule has 106 valence electrons. The van der Waals surface area contributed by atoms with E-state index in [1.807, 2.05) is 0 Å². The molecule has 1 saturated heterocycles. The SMILES string of the molecule is COc1cccc(C(C)(F)F)c1CC1CCCCN1. The first-order valence-electron chi connectivity index (χ1n) is 6.80. The lowest BCUT2D eigenvalue weighted by molar-refractivity contribution is 0.0161. The van der Waals surface area contributed by atoms with E-state index < -0.39 is 5.92 Å². The highest BCUT2D eigenvalue weighted by atomic mass is 19.3. The maximum Gasteiger partial charge on any atom is 0.270 e. The number of ether oxygens (including phenoxy) is 1. The van der Waals surface area contributed by atoms with Crippen LogP contribution in [-0.4, -0.2) is 19.7 Å². The van der Waals surface area contributed by atoms with Gasteiger partial charge in [0.2, 0.25) is 0 Å². The van der Waals surface area contributed by atoms with Crippen LogP contribution >= 0.6 is 0 Å². The summed E-state index contributed by atoms with van der Waals surface area (Å²) in [6.45, 7) is 1.91. The predicted octanol–water partition coefficient (Wildman–Crippen LogP) is 3.49. The van der Waals surface area contributed by atoms with Crippen LogP contribution in [0.4, 0.5) is 8.78 Å². The summed E-state index contributed by atoms with van der Waals surface area (Å²) in [5, 5.41) is 3.40. The minimum atomic E-state index is -2.83. The first-order chi connectivity index (χ1) is 9.02. The minimum absolute atomic E-state index is 0.0826. The molecule has 1 aliphatic rings. The predicted molar refractivity (Wildman–Crippen MR) is 71.9 cm³/mol. The number of benzene rings is 1. The molecule has 1 heterocycles. The Hall–Kier alpha value is -1.16. The van der Waals surface area contributed by atoms with Crippen molar-refractivity contribution < 1.29 is 13.5 Å². The summed E-state index contributed by atoms with van der Waals surface area (Å²) in [5.74, 6) is -2.27. The fourth-order valence-electron chi connectivity index (χ4n) is 2.72. The molecule has 0 aliphatic carbocycles. The molecule has 1 aliphatic heterocycles. The van der Waals surface area contributed by atoms with Gasteiger partial charge in [0, 0.05) is 24.1 Å². The van der Waals surface area contributed by atoms with Gasteiger partial charge >= 0.3 is 0 Å². The lowest BCUT2D eigenvalue weighted by Gasteiger charge is -2.26. The standard InChI is InChI=1S/C15H21F2NO/c1-15(16,17)13-7-5-8-14(19-2)12(13)10-11-6-3-4-9-18-11/h5,7-8,11,18H,3-4,6,9-10H2,1-2H3. The number of rotatable bonds is 4. The molecule has 0 saturated carbocycles. The van der Waals surface area contributed by atoms with Crippen molar-refractivity contribution >= 4 is 0 Å². The summed E-state index contributed by atoms with van der Waals surface area (Å²) < 4.78 is 32.7. The van der Waals surface area contributed by atoms with Crippen LogP contribution in [-0.2, 0) is 12.3 Å². The lowest BCUT2D eigenvalue weighted by Crippen LogP contribution is -2.36. The molecule has 4 heteroatoms. The molecular weight excluding hydrogens is 248 g/mol. The summed E-state index contributed by atoms with van der Waals surface area (Å²) in [6, 6.07) is 5.16. The molecule has 0 amide bonds. The summed E-state index contributed by atoms with van der Waals surface area (Å²) in [4.78, 5) is 0. The third-order valence-corrected chi connectivity index (χ3v) is 3.69. The van der Waals surface area contributed by atoms with Crippen LogP contribution in [0, 0.1) is 0 Å². The molecule has 1 unspecified atom stereocenters. The van der Waals surface area contributed by atoms with Gasteiger partial charge in [0.25, 0.3) is 5.92 Å². The van der Waals surface area contributed by atoms with Crippen LogP contribution in [0.2, 0.25) is 0 Å². The quantitative estimate of drug-likeness (QED) is 0.903. The smallest absolute Gasteiger partial charge is 0.270 e. The van der Waals surface area contributed by atoms with Gasteiger partial charge in [0.1, 0.15) is 5.75 Å². The van der Waals surface area contributed by atoms with E-state index in [1.165, 1.54) is 19.6 Å². The molecule has 19 heavy (non-hydrogen) atoms. The normalized spacial score (nSPS) is 20.3. The molecule has 1 atom stereocenters. The van der Waals surface area contributed by atoms with E-state index in [2.05, 4.69) is 5.32 Å². The monoisotopic (exact) mass is 269 g/mol. The van der Waals surface area contributed by atoms with Crippen LogP contribution in [0.25, 0.3) is 0 Å². The summed E-state index contributed by atoms with van der Waals surface area (Å²) in [6.07, 6.45) is 3.96. The average Bonchev–Trinajstić information content (AvgIpc) is 2.39. The molecule has 2 nitrogen and oxygen atoms in total. The molecule has 1 N–H and O–H groups in total. The number of hydrogen-bond donors (Lipinski definition) is 1. The first kappa shape index (κ1) is 14.3. The summed E-state index contributed by atoms with van der Waals surface area (Å²) in [7, 11) is 1.53. The van der Waals surface area contributed by atoms with E-state index in [1.54, 1.807) is 12.1 Å². The summed E-state index contributed by atoms with van der Waals surface area (Å²) >= 11 is 0. The molecule has 0 aromatic heterocycles. The largest absolute Gasteiger partial charge is 0.496 e. The van der Waals surface area contributed by atoms with Crippen molar-refractivity contribution in [1.82, 2.24) is 5.32 Å². The zero-order valence-corrected chi connectivity index (χ0v) is 11.5. The van der Waals surface area contributed by atoms with Crippen LogP contribution in [0.15, 0.2) is 18.2 Å². The Morgan fingerprint density at radius 3 is 2.74 bits per heavy atom. The fraction of sp³-hybridized carbons (Fsp3) is 0.600. The zero-order chi connectivity index (χ0) is 13.9. The van der Waals surface area contributed by atoms with Crippen LogP contribution in [0.1, 0.15) is 37.3 Å². The van der Waals surface area contributed by atoms with Gasteiger partial charge < -0.3 is 10.1 Å². The number of nitrogens with one attached hydrogen (secondary N) is 1. The van der Waals surface area contributed by atoms with Crippen molar-refractivity contribution in [3.63, 3.8) is 0 Å². The topological polar surface area (TPSA) is 21.3 Å². The number of halogens is 2. The molecule has 1 aromatic carbocycles. The van der Waals surface area contributed by atoms with Crippen molar-refractivity contribution in [3.8, 4) is 5.75 Å². The number of methoxy groups -OCH3 is 1. The zero-order valence-electron chi connectivity index (χ0n) is 11.5. The van der Waals surface area contributed by atoms with Gasteiger partial charge in [-0.15, -0.1) is 0 Å². The second-order valence-corrected chi connectivity index (χ2v) is 5.23. The van der Waals surface area contributed by atoms with Crippen LogP contribution < -0.4 is 10.1 Å². The third kappa shape index (κ3) is 3.44. The fourth-order valence-corrected chi connectivity index (χ4v) is 2.72. The van der Waals surface area contributed by atoms with Crippen molar-refractivity contribution in [1.29, 1.82) is 0 Å². The van der Waals surface area contributed by atoms with Gasteiger partial charge in [-0.1, -0.05) is 18.6 Å². The van der Waals surface area contributed by atoms with E-state index in [0.717, 1.165) is 26.3 Å². The first-order valence-corrected chi connectivity index (χ1v) is 6.80. The highest BCUT2D eigenvalue weighted by Gasteiger charge is 2.30. The van der Waals surface area contributed by atoms with E-state index in [9.17, 15) is 8.78 Å². The highest BCUT2D eigenvalue weighted by Crippen LogP contribution is 2.35. The van der Waals surface area contributed by atoms with Gasteiger partial charge in [-0.2, -0.15) is 0 Å². The maximum atomic E-state index is 13.7. The third-order valence-electron chi connectivity index (χ3n) is 3.69. The molecule has 0 radical (unpaired) electrons. The number of alkyl halides is 2. The van der Waals surface area contributed by atoms with Gasteiger partial charge in [0.15, 0.2) is 0 Å². The van der Waals surface area contributed by atoms with Crippen molar-refractivity contribution in [2.45, 2.75) is 44.6 Å². The second kappa shape index (κ2) is 5.87. The molecule has 0 bridgehead atoms. The molecule has 1 fully saturated rings. The Morgan fingerprint density at radius 1 is 1.37 bits per heavy atom. The molecule has 0 spiro atoms. The second-order valence-electron chi connectivity index (χ2n) is 5.23. The molecule has 1 aromatic rings. The van der Waals surface area contributed by atoms with Crippen molar-refractivity contribution in [2.24, 2.45) is 0 Å². The molecular formula is C15H21F2NO. The van der Waals surface area contributed by atoms with Crippen LogP contribution in [0.5, 0.6) is 5.75 Å². The Labute approximate surface area is 113 Å². The van der Waals surface area contributed by atoms with Gasteiger partial charge in [-0.25, -0.2) is 8.78 Å². The number of hydrogen-bond acceptors (Lipinski definition) is 2. The Kier molecular flexibility index (Phi) is 4.40. The van der Waals surface area contributed by atoms with E-state index >= 15 is 0 Å². The van der Waals surface area contributed by atoms with Crippen LogP contribution in [0.3, 0.4) is 0 Å². The van der Waals surface area contributed by atoms with E-state index in [0.29, 0.717) is 17.7 Å². The van der Waals surface area contributed by atoms with Gasteiger partial charge in [0.05, 0.1) is 7.11 Å². The van der Waals surface area contributed by atoms with Crippen molar-refractivity contribution in [3.05, 3.63) is 29.3 Å². The Morgan fingerprint density at radius 2 is 2.16 bits per heavy atom. The lowest BCUT2D eigenvalue weighted by atomic mass is 9.92. The van der Waals surface area contributed by atoms with E-state index in [-0.39, 0.29) is 11.6 Å². The number of piperidine rings is 1. The van der Waals surface area contributed by atoms with Crippen molar-refractivity contribution in [2.75, 3.05) is 13.7 Å².